The van der Waals surface area contributed by atoms with Crippen LogP contribution in [0.1, 0.15) is 25.3 Å². The maximum Gasteiger partial charge on any atom is 0.0278 e. The minimum Gasteiger partial charge on any atom is -0.314 e. The molecule has 0 radical (unpaired) electrons. The third-order valence-electron chi connectivity index (χ3n) is 4.21. The lowest BCUT2D eigenvalue weighted by Gasteiger charge is -2.44. The van der Waals surface area contributed by atoms with Gasteiger partial charge in [-0.3, -0.25) is 4.90 Å². The Morgan fingerprint density at radius 2 is 2.22 bits per heavy atom. The van der Waals surface area contributed by atoms with Crippen molar-refractivity contribution in [3.8, 4) is 0 Å². The van der Waals surface area contributed by atoms with Gasteiger partial charge < -0.3 is 5.32 Å². The summed E-state index contributed by atoms with van der Waals surface area (Å²) in [6, 6.07) is 8.92. The highest BCUT2D eigenvalue weighted by atomic mass is 32.2. The Kier molecular flexibility index (Phi) is 3.39. The molecule has 0 aromatic heterocycles. The van der Waals surface area contributed by atoms with Crippen LogP contribution in [-0.4, -0.2) is 42.4 Å². The fraction of sp³-hybridized carbons (Fsp3) is 0.600. The fourth-order valence-electron chi connectivity index (χ4n) is 3.01. The first-order chi connectivity index (χ1) is 8.67. The van der Waals surface area contributed by atoms with Gasteiger partial charge >= 0.3 is 0 Å². The Hall–Kier alpha value is -0.510. The van der Waals surface area contributed by atoms with E-state index in [1.54, 1.807) is 5.56 Å². The van der Waals surface area contributed by atoms with Crippen LogP contribution in [0.4, 0.5) is 0 Å². The summed E-state index contributed by atoms with van der Waals surface area (Å²) in [5.41, 5.74) is 1.86. The van der Waals surface area contributed by atoms with Gasteiger partial charge in [-0.25, -0.2) is 0 Å². The summed E-state index contributed by atoms with van der Waals surface area (Å²) >= 11 is 2.02. The van der Waals surface area contributed by atoms with E-state index in [9.17, 15) is 0 Å². The Labute approximate surface area is 114 Å². The van der Waals surface area contributed by atoms with Gasteiger partial charge in [0.25, 0.3) is 0 Å². The molecule has 1 fully saturated rings. The molecule has 1 saturated heterocycles. The Morgan fingerprint density at radius 1 is 1.39 bits per heavy atom. The molecule has 1 unspecified atom stereocenters. The molecule has 3 rings (SSSR count). The van der Waals surface area contributed by atoms with E-state index in [1.165, 1.54) is 23.7 Å². The number of nitrogens with one attached hydrogen (secondary N) is 1. The Bertz CT molecular complexity index is 430. The zero-order valence-corrected chi connectivity index (χ0v) is 12.1. The quantitative estimate of drug-likeness (QED) is 0.882. The zero-order valence-electron chi connectivity index (χ0n) is 11.3. The van der Waals surface area contributed by atoms with Gasteiger partial charge in [0.05, 0.1) is 0 Å². The topological polar surface area (TPSA) is 15.3 Å². The van der Waals surface area contributed by atoms with Crippen LogP contribution in [-0.2, 0) is 0 Å². The molecule has 1 aromatic rings. The zero-order chi connectivity index (χ0) is 12.6. The summed E-state index contributed by atoms with van der Waals surface area (Å²) in [6.07, 6.45) is 0. The third-order valence-corrected chi connectivity index (χ3v) is 5.46. The Morgan fingerprint density at radius 3 is 3.06 bits per heavy atom. The van der Waals surface area contributed by atoms with Crippen LogP contribution in [0.2, 0.25) is 0 Å². The van der Waals surface area contributed by atoms with E-state index in [2.05, 4.69) is 48.3 Å². The van der Waals surface area contributed by atoms with Gasteiger partial charge in [-0.05, 0) is 25.5 Å². The minimum atomic E-state index is 0.292. The maximum atomic E-state index is 3.50. The number of hydrogen-bond acceptors (Lipinski definition) is 3. The van der Waals surface area contributed by atoms with Crippen molar-refractivity contribution in [2.45, 2.75) is 30.2 Å². The van der Waals surface area contributed by atoms with Crippen molar-refractivity contribution >= 4 is 11.8 Å². The van der Waals surface area contributed by atoms with Gasteiger partial charge in [-0.15, -0.1) is 11.8 Å². The van der Waals surface area contributed by atoms with Crippen molar-refractivity contribution in [1.29, 1.82) is 0 Å². The van der Waals surface area contributed by atoms with Crippen LogP contribution in [0.5, 0.6) is 0 Å². The van der Waals surface area contributed by atoms with Crippen molar-refractivity contribution < 1.29 is 0 Å². The average Bonchev–Trinajstić information content (AvgIpc) is 2.75. The predicted molar refractivity (Wildman–Crippen MR) is 78.4 cm³/mol. The molecule has 0 amide bonds. The molecular formula is C15H22N2S. The lowest BCUT2D eigenvalue weighted by molar-refractivity contribution is 0.0857. The summed E-state index contributed by atoms with van der Waals surface area (Å²) in [5, 5.41) is 3.50. The van der Waals surface area contributed by atoms with Gasteiger partial charge in [0, 0.05) is 48.3 Å². The lowest BCUT2D eigenvalue weighted by Crippen LogP contribution is -2.58. The Balaban J connectivity index is 1.74. The largest absolute Gasteiger partial charge is 0.314 e. The van der Waals surface area contributed by atoms with Gasteiger partial charge in [-0.1, -0.05) is 18.2 Å². The fourth-order valence-corrected chi connectivity index (χ4v) is 4.25. The number of hydrogen-bond donors (Lipinski definition) is 1. The molecule has 1 N–H and O–H groups in total. The molecule has 0 aliphatic carbocycles. The van der Waals surface area contributed by atoms with Crippen molar-refractivity contribution in [3.63, 3.8) is 0 Å². The SMILES string of the molecule is CC1(C)CNCCN1CC1CSc2ccccc21. The van der Waals surface area contributed by atoms with Crippen LogP contribution in [0.15, 0.2) is 29.2 Å². The number of fused-ring (bicyclic) bond motifs is 1. The molecule has 0 spiro atoms. The van der Waals surface area contributed by atoms with Crippen LogP contribution in [0, 0.1) is 0 Å². The summed E-state index contributed by atoms with van der Waals surface area (Å²) in [4.78, 5) is 4.16. The van der Waals surface area contributed by atoms with Crippen molar-refractivity contribution in [3.05, 3.63) is 29.8 Å². The highest BCUT2D eigenvalue weighted by Gasteiger charge is 2.33. The van der Waals surface area contributed by atoms with Crippen LogP contribution in [0.3, 0.4) is 0 Å². The molecule has 0 saturated carbocycles. The first-order valence-electron chi connectivity index (χ1n) is 6.84. The molecule has 3 heteroatoms. The number of benzene rings is 1. The molecule has 2 aliphatic heterocycles. The number of piperazine rings is 1. The number of nitrogens with zero attached hydrogens (tertiary/aromatic N) is 1. The lowest BCUT2D eigenvalue weighted by atomic mass is 9.95. The van der Waals surface area contributed by atoms with Crippen LogP contribution >= 0.6 is 11.8 Å². The third kappa shape index (κ3) is 2.31. The monoisotopic (exact) mass is 262 g/mol. The first kappa shape index (κ1) is 12.5. The van der Waals surface area contributed by atoms with Gasteiger partial charge in [0.2, 0.25) is 0 Å². The van der Waals surface area contributed by atoms with Crippen molar-refractivity contribution in [2.75, 3.05) is 31.9 Å². The molecule has 2 nitrogen and oxygen atoms in total. The number of rotatable bonds is 2. The second-order valence-electron chi connectivity index (χ2n) is 5.98. The highest BCUT2D eigenvalue weighted by Crippen LogP contribution is 2.40. The molecule has 2 aliphatic rings. The normalized spacial score (nSPS) is 27.1. The number of thioether (sulfide) groups is 1. The smallest absolute Gasteiger partial charge is 0.0278 e. The molecule has 0 bridgehead atoms. The van der Waals surface area contributed by atoms with Crippen molar-refractivity contribution in [2.24, 2.45) is 0 Å². The van der Waals surface area contributed by atoms with E-state index in [0.29, 0.717) is 11.5 Å². The van der Waals surface area contributed by atoms with Gasteiger partial charge in [-0.2, -0.15) is 0 Å². The van der Waals surface area contributed by atoms with E-state index in [0.717, 1.165) is 13.1 Å². The summed E-state index contributed by atoms with van der Waals surface area (Å²) in [7, 11) is 0. The summed E-state index contributed by atoms with van der Waals surface area (Å²) < 4.78 is 0. The highest BCUT2D eigenvalue weighted by molar-refractivity contribution is 7.99. The molecule has 1 atom stereocenters. The average molecular weight is 262 g/mol. The summed E-state index contributed by atoms with van der Waals surface area (Å²) in [5.74, 6) is 1.96. The minimum absolute atomic E-state index is 0.292. The van der Waals surface area contributed by atoms with Crippen molar-refractivity contribution in [1.82, 2.24) is 10.2 Å². The standard InChI is InChI=1S/C15H22N2S/c1-15(2)11-16-7-8-17(15)9-12-10-18-14-6-4-3-5-13(12)14/h3-6,12,16H,7-11H2,1-2H3. The van der Waals surface area contributed by atoms with Gasteiger partial charge in [0.1, 0.15) is 0 Å². The summed E-state index contributed by atoms with van der Waals surface area (Å²) in [6.45, 7) is 9.33. The second-order valence-corrected chi connectivity index (χ2v) is 7.04. The van der Waals surface area contributed by atoms with E-state index < -0.39 is 0 Å². The first-order valence-corrected chi connectivity index (χ1v) is 7.83. The molecule has 98 valence electrons. The predicted octanol–water partition coefficient (Wildman–Crippen LogP) is 2.56. The van der Waals surface area contributed by atoms with Crippen LogP contribution < -0.4 is 5.32 Å². The van der Waals surface area contributed by atoms with Crippen LogP contribution in [0.25, 0.3) is 0 Å². The van der Waals surface area contributed by atoms with E-state index in [4.69, 9.17) is 0 Å². The molecule has 2 heterocycles. The van der Waals surface area contributed by atoms with E-state index >= 15 is 0 Å². The maximum absolute atomic E-state index is 3.50. The molecule has 18 heavy (non-hydrogen) atoms. The molecule has 1 aromatic carbocycles. The second kappa shape index (κ2) is 4.87. The van der Waals surface area contributed by atoms with E-state index in [-0.39, 0.29) is 0 Å². The molecular weight excluding hydrogens is 240 g/mol. The van der Waals surface area contributed by atoms with E-state index in [1.807, 2.05) is 11.8 Å². The van der Waals surface area contributed by atoms with Gasteiger partial charge in [0.15, 0.2) is 0 Å².